The van der Waals surface area contributed by atoms with Crippen LogP contribution in [0.2, 0.25) is 0 Å². The number of H-pyrrole nitrogens is 1. The Kier molecular flexibility index (Phi) is 7.41. The number of halogens is 7. The number of thioether (sulfide) groups is 1. The molecule has 0 aliphatic rings. The van der Waals surface area contributed by atoms with Crippen LogP contribution in [0.15, 0.2) is 14.3 Å². The van der Waals surface area contributed by atoms with E-state index in [0.717, 1.165) is 11.6 Å². The fourth-order valence-electron chi connectivity index (χ4n) is 3.17. The predicted octanol–water partition coefficient (Wildman–Crippen LogP) is 2.87. The molecule has 3 aromatic rings. The van der Waals surface area contributed by atoms with E-state index in [1.54, 1.807) is 12.1 Å². The Hall–Kier alpha value is -4.58. The van der Waals surface area contributed by atoms with Crippen molar-refractivity contribution in [1.82, 2.24) is 10.3 Å². The van der Waals surface area contributed by atoms with E-state index in [-0.39, 0.29) is 16.3 Å². The summed E-state index contributed by atoms with van der Waals surface area (Å²) < 4.78 is 100. The van der Waals surface area contributed by atoms with Crippen LogP contribution >= 0.6 is 11.8 Å². The van der Waals surface area contributed by atoms with Crippen molar-refractivity contribution in [1.29, 1.82) is 10.5 Å². The van der Waals surface area contributed by atoms with Gasteiger partial charge in [-0.05, 0) is 12.2 Å². The zero-order chi connectivity index (χ0) is 28.7. The molecule has 0 aliphatic carbocycles. The van der Waals surface area contributed by atoms with E-state index in [1.165, 1.54) is 12.4 Å². The Morgan fingerprint density at radius 2 is 1.68 bits per heavy atom. The van der Waals surface area contributed by atoms with Gasteiger partial charge in [-0.3, -0.25) is 9.32 Å². The number of aromatic nitrogens is 3. The lowest BCUT2D eigenvalue weighted by Crippen LogP contribution is -2.34. The lowest BCUT2D eigenvalue weighted by atomic mass is 10.0. The molecule has 10 nitrogen and oxygen atoms in total. The Bertz CT molecular complexity index is 1590. The van der Waals surface area contributed by atoms with E-state index in [4.69, 9.17) is 5.73 Å². The van der Waals surface area contributed by atoms with E-state index < -0.39 is 74.4 Å². The van der Waals surface area contributed by atoms with Gasteiger partial charge in [0, 0.05) is 0 Å². The maximum absolute atomic E-state index is 14.2. The molecule has 0 aliphatic heterocycles. The number of rotatable bonds is 5. The molecule has 1 aromatic carbocycles. The molecule has 0 fully saturated rings. The first-order chi connectivity index (χ1) is 17.6. The number of hydrogen-bond donors (Lipinski definition) is 3. The van der Waals surface area contributed by atoms with Crippen LogP contribution in [0.1, 0.15) is 23.6 Å². The number of nitrogens with one attached hydrogen (secondary N) is 2. The molecule has 0 saturated heterocycles. The van der Waals surface area contributed by atoms with Gasteiger partial charge in [0.25, 0.3) is 0 Å². The number of nitrogens with two attached hydrogens (primary N) is 1. The first-order valence-corrected chi connectivity index (χ1v) is 10.7. The highest BCUT2D eigenvalue weighted by Crippen LogP contribution is 2.39. The standard InChI is InChI=1S/C20H10F7N7O3S/c1-5(17(35)31-14-12(23)10(21)9(20(25,26)27)11(22)13(14)24)38-18-7(4-29)8(6(3-28)16(30)32-18)15-19(36)37-33-34(15)2/h5H,1-2H3,(H3-,30,31,32,33,35,36)/p+1. The molecule has 0 radical (unpaired) electrons. The largest absolute Gasteiger partial charge is 0.435 e. The quantitative estimate of drug-likeness (QED) is 0.185. The van der Waals surface area contributed by atoms with Gasteiger partial charge in [-0.15, -0.1) is 0 Å². The van der Waals surface area contributed by atoms with E-state index in [2.05, 4.69) is 14.8 Å². The molecule has 0 bridgehead atoms. The molecule has 18 heteroatoms. The number of alkyl halides is 3. The number of nitrogen functional groups attached to an aromatic ring is 1. The van der Waals surface area contributed by atoms with Crippen molar-refractivity contribution in [3.05, 3.63) is 50.4 Å². The number of anilines is 2. The van der Waals surface area contributed by atoms with Gasteiger partial charge < -0.3 is 11.1 Å². The molecule has 38 heavy (non-hydrogen) atoms. The van der Waals surface area contributed by atoms with Crippen molar-refractivity contribution in [2.45, 2.75) is 23.4 Å². The Labute approximate surface area is 210 Å². The average molecular weight is 562 g/mol. The summed E-state index contributed by atoms with van der Waals surface area (Å²) in [7, 11) is 1.30. The van der Waals surface area contributed by atoms with Crippen LogP contribution in [0.3, 0.4) is 0 Å². The summed E-state index contributed by atoms with van der Waals surface area (Å²) in [6, 6.07) is 3.39. The van der Waals surface area contributed by atoms with Gasteiger partial charge in [-0.25, -0.2) is 27.3 Å². The van der Waals surface area contributed by atoms with Crippen LogP contribution in [0.25, 0.3) is 11.3 Å². The highest BCUT2D eigenvalue weighted by atomic mass is 32.2. The van der Waals surface area contributed by atoms with E-state index >= 15 is 0 Å². The number of nitrogens with zero attached hydrogens (tertiary/aromatic N) is 4. The Morgan fingerprint density at radius 3 is 2.13 bits per heavy atom. The number of carbonyl (C=O) groups excluding carboxylic acids is 1. The first kappa shape index (κ1) is 28.0. The number of pyridine rings is 1. The molecule has 198 valence electrons. The summed E-state index contributed by atoms with van der Waals surface area (Å²) in [4.78, 5) is 28.6. The maximum Gasteiger partial charge on any atom is 0.435 e. The summed E-state index contributed by atoms with van der Waals surface area (Å²) in [6.07, 6.45) is -5.78. The van der Waals surface area contributed by atoms with Crippen molar-refractivity contribution in [2.24, 2.45) is 7.05 Å². The van der Waals surface area contributed by atoms with E-state index in [1.807, 2.05) is 0 Å². The SMILES string of the molecule is CC(Sc1nc(N)c(C#N)c(-c2c(=O)o[nH][n+]2C)c1C#N)C(=O)Nc1c(F)c(F)c(C(F)(F)F)c(F)c1F. The normalized spacial score (nSPS) is 12.1. The number of carbonyl (C=O) groups is 1. The third-order valence-electron chi connectivity index (χ3n) is 4.91. The average Bonchev–Trinajstić information content (AvgIpc) is 3.16. The number of nitriles is 2. The zero-order valence-electron chi connectivity index (χ0n) is 18.7. The van der Waals surface area contributed by atoms with Gasteiger partial charge >= 0.3 is 17.5 Å². The third-order valence-corrected chi connectivity index (χ3v) is 6.00. The summed E-state index contributed by atoms with van der Waals surface area (Å²) in [5.41, 5.74) is -1.36. The number of benzene rings is 1. The van der Waals surface area contributed by atoms with Crippen LogP contribution in [0.5, 0.6) is 0 Å². The topological polar surface area (TPSA) is 165 Å². The molecular weight excluding hydrogens is 551 g/mol. The number of hydrogen-bond acceptors (Lipinski definition) is 8. The minimum Gasteiger partial charge on any atom is -0.383 e. The van der Waals surface area contributed by atoms with Crippen molar-refractivity contribution in [3.63, 3.8) is 0 Å². The van der Waals surface area contributed by atoms with Gasteiger partial charge in [-0.2, -0.15) is 23.7 Å². The second kappa shape index (κ2) is 10.1. The third kappa shape index (κ3) is 4.73. The molecule has 2 heterocycles. The number of aromatic amines is 1. The molecular formula is C20H11F7N7O3S+. The summed E-state index contributed by atoms with van der Waals surface area (Å²) >= 11 is 0.407. The second-order valence-electron chi connectivity index (χ2n) is 7.29. The molecule has 4 N–H and O–H groups in total. The Morgan fingerprint density at radius 1 is 1.13 bits per heavy atom. The minimum atomic E-state index is -5.78. The molecule has 0 spiro atoms. The summed E-state index contributed by atoms with van der Waals surface area (Å²) in [5, 5.41) is 21.0. The molecule has 0 saturated carbocycles. The van der Waals surface area contributed by atoms with Gasteiger partial charge in [0.15, 0.2) is 30.3 Å². The van der Waals surface area contributed by atoms with Crippen LogP contribution in [-0.2, 0) is 18.0 Å². The fourth-order valence-corrected chi connectivity index (χ4v) is 4.08. The van der Waals surface area contributed by atoms with Crippen LogP contribution < -0.4 is 21.4 Å². The molecule has 3 rings (SSSR count). The summed E-state index contributed by atoms with van der Waals surface area (Å²) in [6.45, 7) is 1.08. The van der Waals surface area contributed by atoms with Gasteiger partial charge in [0.1, 0.15) is 45.4 Å². The monoisotopic (exact) mass is 562 g/mol. The molecule has 2 aromatic heterocycles. The molecule has 1 amide bonds. The van der Waals surface area contributed by atoms with E-state index in [0.29, 0.717) is 11.8 Å². The van der Waals surface area contributed by atoms with Gasteiger partial charge in [0.05, 0.1) is 10.8 Å². The van der Waals surface area contributed by atoms with E-state index in [9.17, 15) is 50.8 Å². The smallest absolute Gasteiger partial charge is 0.383 e. The Balaban J connectivity index is 2.04. The van der Waals surface area contributed by atoms with Crippen LogP contribution in [0.4, 0.5) is 42.2 Å². The predicted molar refractivity (Wildman–Crippen MR) is 113 cm³/mol. The lowest BCUT2D eigenvalue weighted by Gasteiger charge is -2.17. The number of amides is 1. The molecule has 1 atom stereocenters. The fraction of sp³-hybridized carbons (Fsp3) is 0.200. The summed E-state index contributed by atoms with van der Waals surface area (Å²) in [5.74, 6) is -12.4. The van der Waals surface area contributed by atoms with Crippen LogP contribution in [-0.4, -0.2) is 21.4 Å². The van der Waals surface area contributed by atoms with Crippen molar-refractivity contribution in [2.75, 3.05) is 11.1 Å². The highest BCUT2D eigenvalue weighted by Gasteiger charge is 2.43. The van der Waals surface area contributed by atoms with Gasteiger partial charge in [-0.1, -0.05) is 16.4 Å². The minimum absolute atomic E-state index is 0.320. The highest BCUT2D eigenvalue weighted by molar-refractivity contribution is 8.00. The lowest BCUT2D eigenvalue weighted by molar-refractivity contribution is -0.730. The van der Waals surface area contributed by atoms with Crippen molar-refractivity contribution >= 4 is 29.2 Å². The van der Waals surface area contributed by atoms with Crippen molar-refractivity contribution < 1.29 is 44.7 Å². The maximum atomic E-state index is 14.2. The molecule has 1 unspecified atom stereocenters. The second-order valence-corrected chi connectivity index (χ2v) is 8.62. The van der Waals surface area contributed by atoms with Crippen LogP contribution in [0, 0.1) is 45.9 Å². The zero-order valence-corrected chi connectivity index (χ0v) is 19.5. The first-order valence-electron chi connectivity index (χ1n) is 9.77. The number of aryl methyl sites for hydroxylation is 1. The van der Waals surface area contributed by atoms with Gasteiger partial charge in [0.2, 0.25) is 5.91 Å². The van der Waals surface area contributed by atoms with Crippen molar-refractivity contribution in [3.8, 4) is 23.4 Å².